The van der Waals surface area contributed by atoms with Gasteiger partial charge in [0.2, 0.25) is 0 Å². The number of nitrogens with zero attached hydrogens (tertiary/aromatic N) is 5. The Hall–Kier alpha value is -3.62. The van der Waals surface area contributed by atoms with Gasteiger partial charge in [0.15, 0.2) is 0 Å². The predicted molar refractivity (Wildman–Crippen MR) is 118 cm³/mol. The summed E-state index contributed by atoms with van der Waals surface area (Å²) in [6.07, 6.45) is 4.80. The minimum atomic E-state index is -0.110. The molecule has 166 valence electrons. The van der Waals surface area contributed by atoms with Crippen molar-refractivity contribution < 1.29 is 14.3 Å². The number of rotatable bonds is 4. The van der Waals surface area contributed by atoms with Gasteiger partial charge in [-0.1, -0.05) is 12.1 Å². The fourth-order valence-corrected chi connectivity index (χ4v) is 4.41. The highest BCUT2D eigenvalue weighted by molar-refractivity contribution is 5.96. The second kappa shape index (κ2) is 8.49. The quantitative estimate of drug-likeness (QED) is 0.679. The lowest BCUT2D eigenvalue weighted by molar-refractivity contribution is 0.0531. The van der Waals surface area contributed by atoms with Gasteiger partial charge < -0.3 is 14.5 Å². The van der Waals surface area contributed by atoms with Gasteiger partial charge in [-0.3, -0.25) is 19.4 Å². The zero-order valence-electron chi connectivity index (χ0n) is 18.1. The van der Waals surface area contributed by atoms with Crippen molar-refractivity contribution in [3.8, 4) is 17.0 Å². The number of H-pyrrole nitrogens is 1. The van der Waals surface area contributed by atoms with E-state index in [1.54, 1.807) is 24.3 Å². The van der Waals surface area contributed by atoms with Crippen LogP contribution in [0.5, 0.6) is 5.75 Å². The van der Waals surface area contributed by atoms with Crippen molar-refractivity contribution in [2.45, 2.75) is 25.8 Å². The number of methoxy groups -OCH3 is 1. The number of hydrogen-bond acceptors (Lipinski definition) is 5. The van der Waals surface area contributed by atoms with Crippen LogP contribution >= 0.6 is 0 Å². The number of benzene rings is 1. The van der Waals surface area contributed by atoms with Gasteiger partial charge in [-0.05, 0) is 37.5 Å². The molecule has 0 radical (unpaired) electrons. The summed E-state index contributed by atoms with van der Waals surface area (Å²) >= 11 is 0. The number of aromatic amines is 1. The van der Waals surface area contributed by atoms with Crippen LogP contribution in [0.2, 0.25) is 0 Å². The zero-order chi connectivity index (χ0) is 22.1. The van der Waals surface area contributed by atoms with Crippen molar-refractivity contribution in [2.75, 3.05) is 33.3 Å². The highest BCUT2D eigenvalue weighted by Gasteiger charge is 2.29. The van der Waals surface area contributed by atoms with Gasteiger partial charge in [0.1, 0.15) is 11.4 Å². The van der Waals surface area contributed by atoms with E-state index >= 15 is 0 Å². The van der Waals surface area contributed by atoms with Gasteiger partial charge in [-0.2, -0.15) is 10.2 Å². The number of fused-ring (bicyclic) bond motifs is 1. The van der Waals surface area contributed by atoms with Gasteiger partial charge in [0.25, 0.3) is 11.8 Å². The molecule has 32 heavy (non-hydrogen) atoms. The second-order valence-electron chi connectivity index (χ2n) is 8.17. The van der Waals surface area contributed by atoms with Crippen LogP contribution in [-0.2, 0) is 13.0 Å². The maximum atomic E-state index is 13.0. The van der Waals surface area contributed by atoms with E-state index in [1.807, 2.05) is 33.8 Å². The maximum Gasteiger partial charge on any atom is 0.272 e. The molecular formula is C23H26N6O3. The summed E-state index contributed by atoms with van der Waals surface area (Å²) < 4.78 is 7.21. The first-order valence-corrected chi connectivity index (χ1v) is 11.0. The Bertz CT molecular complexity index is 1140. The topological polar surface area (TPSA) is 96.4 Å². The molecule has 0 aliphatic carbocycles. The van der Waals surface area contributed by atoms with E-state index in [4.69, 9.17) is 4.74 Å². The summed E-state index contributed by atoms with van der Waals surface area (Å²) in [6.45, 7) is 2.87. The first kappa shape index (κ1) is 20.3. The van der Waals surface area contributed by atoms with E-state index < -0.39 is 0 Å². The van der Waals surface area contributed by atoms with Gasteiger partial charge in [-0.25, -0.2) is 0 Å². The van der Waals surface area contributed by atoms with Crippen molar-refractivity contribution in [3.63, 3.8) is 0 Å². The van der Waals surface area contributed by atoms with E-state index in [-0.39, 0.29) is 11.8 Å². The normalized spacial score (nSPS) is 16.0. The van der Waals surface area contributed by atoms with Crippen molar-refractivity contribution in [1.82, 2.24) is 29.8 Å². The molecule has 0 spiro atoms. The van der Waals surface area contributed by atoms with E-state index in [2.05, 4.69) is 15.3 Å². The Morgan fingerprint density at radius 1 is 1.00 bits per heavy atom. The molecule has 4 heterocycles. The van der Waals surface area contributed by atoms with Crippen molar-refractivity contribution in [3.05, 3.63) is 53.5 Å². The molecule has 3 aromatic rings. The second-order valence-corrected chi connectivity index (χ2v) is 8.17. The molecule has 2 aromatic heterocycles. The highest BCUT2D eigenvalue weighted by Crippen LogP contribution is 2.24. The largest absolute Gasteiger partial charge is 0.497 e. The number of nitrogens with one attached hydrogen (secondary N) is 1. The van der Waals surface area contributed by atoms with Gasteiger partial charge in [0.05, 0.1) is 30.3 Å². The fourth-order valence-electron chi connectivity index (χ4n) is 4.41. The number of piperazine rings is 1. The maximum absolute atomic E-state index is 13.0. The Morgan fingerprint density at radius 2 is 1.78 bits per heavy atom. The van der Waals surface area contributed by atoms with E-state index in [0.717, 1.165) is 42.8 Å². The molecule has 9 heteroatoms. The lowest BCUT2D eigenvalue weighted by Gasteiger charge is -2.34. The number of amides is 2. The molecule has 1 saturated heterocycles. The van der Waals surface area contributed by atoms with Crippen LogP contribution in [0, 0.1) is 0 Å². The van der Waals surface area contributed by atoms with E-state index in [9.17, 15) is 9.59 Å². The van der Waals surface area contributed by atoms with Gasteiger partial charge >= 0.3 is 0 Å². The van der Waals surface area contributed by atoms with Crippen molar-refractivity contribution >= 4 is 11.8 Å². The average Bonchev–Trinajstić information content (AvgIpc) is 3.51. The number of carbonyl (C=O) groups excluding carboxylic acids is 2. The molecule has 0 bridgehead atoms. The first-order chi connectivity index (χ1) is 15.6. The number of hydrogen-bond donors (Lipinski definition) is 1. The third kappa shape index (κ3) is 3.74. The molecular weight excluding hydrogens is 408 g/mol. The SMILES string of the molecule is COc1cccc(-c2cc(C(=O)N3CCN(C(=O)c4cnn5c4CCCC5)CC3)[nH]n2)c1. The Morgan fingerprint density at radius 3 is 2.56 bits per heavy atom. The zero-order valence-corrected chi connectivity index (χ0v) is 18.1. The lowest BCUT2D eigenvalue weighted by atomic mass is 10.1. The summed E-state index contributed by atoms with van der Waals surface area (Å²) in [6, 6.07) is 9.31. The van der Waals surface area contributed by atoms with E-state index in [1.165, 1.54) is 0 Å². The van der Waals surface area contributed by atoms with Gasteiger partial charge in [0, 0.05) is 38.3 Å². The third-order valence-corrected chi connectivity index (χ3v) is 6.24. The van der Waals surface area contributed by atoms with Crippen molar-refractivity contribution in [2.24, 2.45) is 0 Å². The summed E-state index contributed by atoms with van der Waals surface area (Å²) in [5, 5.41) is 11.5. The van der Waals surface area contributed by atoms with Crippen LogP contribution in [0.3, 0.4) is 0 Å². The van der Waals surface area contributed by atoms with Crippen LogP contribution in [0.1, 0.15) is 39.4 Å². The Kier molecular flexibility index (Phi) is 5.38. The number of aryl methyl sites for hydroxylation is 1. The molecule has 1 fully saturated rings. The smallest absolute Gasteiger partial charge is 0.272 e. The van der Waals surface area contributed by atoms with Crippen LogP contribution in [0.25, 0.3) is 11.3 Å². The molecule has 0 saturated carbocycles. The number of ether oxygens (including phenoxy) is 1. The molecule has 2 aliphatic rings. The molecule has 0 atom stereocenters. The summed E-state index contributed by atoms with van der Waals surface area (Å²) in [7, 11) is 1.62. The minimum absolute atomic E-state index is 0.0158. The van der Waals surface area contributed by atoms with E-state index in [0.29, 0.717) is 43.1 Å². The Labute approximate surface area is 186 Å². The molecule has 5 rings (SSSR count). The highest BCUT2D eigenvalue weighted by atomic mass is 16.5. The number of carbonyl (C=O) groups is 2. The molecule has 1 N–H and O–H groups in total. The van der Waals surface area contributed by atoms with Gasteiger partial charge in [-0.15, -0.1) is 0 Å². The molecule has 0 unspecified atom stereocenters. The molecule has 2 aliphatic heterocycles. The summed E-state index contributed by atoms with van der Waals surface area (Å²) in [5.41, 5.74) is 3.75. The minimum Gasteiger partial charge on any atom is -0.497 e. The monoisotopic (exact) mass is 434 g/mol. The third-order valence-electron chi connectivity index (χ3n) is 6.24. The molecule has 2 amide bonds. The van der Waals surface area contributed by atoms with Crippen LogP contribution in [0.4, 0.5) is 0 Å². The number of aromatic nitrogens is 4. The summed E-state index contributed by atoms with van der Waals surface area (Å²) in [4.78, 5) is 29.6. The molecule has 9 nitrogen and oxygen atoms in total. The van der Waals surface area contributed by atoms with Crippen LogP contribution in [0.15, 0.2) is 36.5 Å². The Balaban J connectivity index is 1.23. The lowest BCUT2D eigenvalue weighted by Crippen LogP contribution is -2.50. The van der Waals surface area contributed by atoms with Crippen LogP contribution in [-0.4, -0.2) is 74.9 Å². The average molecular weight is 435 g/mol. The van der Waals surface area contributed by atoms with Crippen molar-refractivity contribution in [1.29, 1.82) is 0 Å². The molecule has 1 aromatic carbocycles. The predicted octanol–water partition coefficient (Wildman–Crippen LogP) is 2.22. The first-order valence-electron chi connectivity index (χ1n) is 11.0. The van der Waals surface area contributed by atoms with Crippen LogP contribution < -0.4 is 4.74 Å². The summed E-state index contributed by atoms with van der Waals surface area (Å²) in [5.74, 6) is 0.641. The standard InChI is InChI=1S/C23H26N6O3/c1-32-17-6-4-5-16(13-17)19-14-20(26-25-19)23(31)28-11-9-27(10-12-28)22(30)18-15-24-29-8-3-2-7-21(18)29/h4-6,13-15H,2-3,7-12H2,1H3,(H,25,26). The fraction of sp³-hybridized carbons (Fsp3) is 0.391.